The van der Waals surface area contributed by atoms with Gasteiger partial charge in [-0.1, -0.05) is 15.9 Å². The summed E-state index contributed by atoms with van der Waals surface area (Å²) in [4.78, 5) is 0.328. The van der Waals surface area contributed by atoms with Crippen molar-refractivity contribution in [3.63, 3.8) is 0 Å². The van der Waals surface area contributed by atoms with Crippen molar-refractivity contribution < 1.29 is 13.7 Å². The molecular formula is C10H13Br2N2O2S+. The Morgan fingerprint density at radius 2 is 1.82 bits per heavy atom. The van der Waals surface area contributed by atoms with Gasteiger partial charge in [0, 0.05) is 8.95 Å². The van der Waals surface area contributed by atoms with Crippen molar-refractivity contribution in [1.82, 2.24) is 4.31 Å². The monoisotopic (exact) mass is 383 g/mol. The average Bonchev–Trinajstić information content (AvgIpc) is 2.33. The lowest BCUT2D eigenvalue weighted by atomic mass is 10.4. The van der Waals surface area contributed by atoms with Crippen LogP contribution in [0.1, 0.15) is 0 Å². The first kappa shape index (κ1) is 13.5. The Bertz CT molecular complexity index is 513. The summed E-state index contributed by atoms with van der Waals surface area (Å²) in [5.74, 6) is 0. The lowest BCUT2D eigenvalue weighted by molar-refractivity contribution is -0.661. The molecule has 1 aromatic rings. The maximum Gasteiger partial charge on any atom is 0.244 e. The van der Waals surface area contributed by atoms with E-state index in [1.165, 1.54) is 0 Å². The van der Waals surface area contributed by atoms with Crippen LogP contribution in [0.5, 0.6) is 0 Å². The highest BCUT2D eigenvalue weighted by atomic mass is 79.9. The van der Waals surface area contributed by atoms with Gasteiger partial charge in [0.15, 0.2) is 0 Å². The van der Waals surface area contributed by atoms with Gasteiger partial charge in [0.25, 0.3) is 0 Å². The summed E-state index contributed by atoms with van der Waals surface area (Å²) in [6.45, 7) is 2.79. The number of nitrogens with two attached hydrogens (primary N) is 1. The minimum absolute atomic E-state index is 0.328. The second kappa shape index (κ2) is 5.36. The molecule has 1 heterocycles. The largest absolute Gasteiger partial charge is 0.344 e. The molecule has 0 aromatic heterocycles. The molecule has 0 amide bonds. The molecule has 0 radical (unpaired) electrons. The van der Waals surface area contributed by atoms with Crippen LogP contribution in [0.2, 0.25) is 0 Å². The first-order chi connectivity index (χ1) is 8.01. The zero-order chi connectivity index (χ0) is 12.5. The van der Waals surface area contributed by atoms with Crippen molar-refractivity contribution in [2.24, 2.45) is 0 Å². The molecule has 1 aromatic carbocycles. The van der Waals surface area contributed by atoms with E-state index < -0.39 is 10.0 Å². The zero-order valence-corrected chi connectivity index (χ0v) is 13.1. The lowest BCUT2D eigenvalue weighted by Gasteiger charge is -2.25. The van der Waals surface area contributed by atoms with Gasteiger partial charge in [-0.2, -0.15) is 4.31 Å². The Morgan fingerprint density at radius 1 is 1.18 bits per heavy atom. The van der Waals surface area contributed by atoms with E-state index in [4.69, 9.17) is 0 Å². The fraction of sp³-hybridized carbons (Fsp3) is 0.400. The van der Waals surface area contributed by atoms with Crippen LogP contribution in [-0.2, 0) is 10.0 Å². The molecule has 0 atom stereocenters. The van der Waals surface area contributed by atoms with E-state index in [2.05, 4.69) is 37.2 Å². The number of halogens is 2. The third-order valence-corrected chi connectivity index (χ3v) is 6.06. The molecule has 17 heavy (non-hydrogen) atoms. The fourth-order valence-corrected chi connectivity index (χ4v) is 4.71. The molecule has 1 aliphatic heterocycles. The molecule has 0 saturated carbocycles. The van der Waals surface area contributed by atoms with Crippen LogP contribution in [0, 0.1) is 0 Å². The Labute approximate surface area is 118 Å². The molecule has 0 unspecified atom stereocenters. The molecule has 1 saturated heterocycles. The minimum atomic E-state index is -3.38. The van der Waals surface area contributed by atoms with Crippen LogP contribution in [0.15, 0.2) is 32.0 Å². The third kappa shape index (κ3) is 2.90. The predicted octanol–water partition coefficient (Wildman–Crippen LogP) is 0.779. The van der Waals surface area contributed by atoms with Crippen molar-refractivity contribution in [3.8, 4) is 0 Å². The van der Waals surface area contributed by atoms with E-state index in [1.807, 2.05) is 6.07 Å². The number of piperazine rings is 1. The second-order valence-electron chi connectivity index (χ2n) is 3.84. The number of sulfonamides is 1. The average molecular weight is 385 g/mol. The molecule has 1 fully saturated rings. The van der Waals surface area contributed by atoms with Crippen molar-refractivity contribution in [3.05, 3.63) is 27.1 Å². The van der Waals surface area contributed by atoms with Gasteiger partial charge in [0.2, 0.25) is 10.0 Å². The highest BCUT2D eigenvalue weighted by Crippen LogP contribution is 2.28. The predicted molar refractivity (Wildman–Crippen MR) is 72.3 cm³/mol. The number of rotatable bonds is 2. The molecule has 1 aliphatic rings. The quantitative estimate of drug-likeness (QED) is 0.819. The van der Waals surface area contributed by atoms with E-state index >= 15 is 0 Å². The van der Waals surface area contributed by atoms with Crippen LogP contribution in [0.4, 0.5) is 0 Å². The summed E-state index contributed by atoms with van der Waals surface area (Å²) >= 11 is 6.60. The Balaban J connectivity index is 2.40. The van der Waals surface area contributed by atoms with Crippen molar-refractivity contribution in [1.29, 1.82) is 0 Å². The smallest absolute Gasteiger partial charge is 0.244 e. The molecule has 0 spiro atoms. The maximum absolute atomic E-state index is 12.4. The first-order valence-corrected chi connectivity index (χ1v) is 8.31. The van der Waals surface area contributed by atoms with Crippen LogP contribution < -0.4 is 5.32 Å². The summed E-state index contributed by atoms with van der Waals surface area (Å²) in [6, 6.07) is 5.19. The highest BCUT2D eigenvalue weighted by molar-refractivity contribution is 9.11. The van der Waals surface area contributed by atoms with Crippen LogP contribution >= 0.6 is 31.9 Å². The van der Waals surface area contributed by atoms with E-state index in [-0.39, 0.29) is 0 Å². The van der Waals surface area contributed by atoms with Gasteiger partial charge in [-0.25, -0.2) is 8.42 Å². The number of nitrogens with zero attached hydrogens (tertiary/aromatic N) is 1. The zero-order valence-electron chi connectivity index (χ0n) is 9.07. The maximum atomic E-state index is 12.4. The van der Waals surface area contributed by atoms with E-state index in [0.29, 0.717) is 22.5 Å². The molecule has 94 valence electrons. The van der Waals surface area contributed by atoms with Gasteiger partial charge in [-0.15, -0.1) is 0 Å². The summed E-state index contributed by atoms with van der Waals surface area (Å²) in [5, 5.41) is 2.13. The van der Waals surface area contributed by atoms with Gasteiger partial charge < -0.3 is 5.32 Å². The topological polar surface area (TPSA) is 54.0 Å². The van der Waals surface area contributed by atoms with E-state index in [1.54, 1.807) is 16.4 Å². The van der Waals surface area contributed by atoms with Gasteiger partial charge in [-0.05, 0) is 34.1 Å². The van der Waals surface area contributed by atoms with Gasteiger partial charge >= 0.3 is 0 Å². The molecule has 4 nitrogen and oxygen atoms in total. The molecule has 7 heteroatoms. The molecule has 2 N–H and O–H groups in total. The highest BCUT2D eigenvalue weighted by Gasteiger charge is 2.28. The van der Waals surface area contributed by atoms with Crippen molar-refractivity contribution in [2.45, 2.75) is 4.90 Å². The third-order valence-electron chi connectivity index (χ3n) is 2.68. The fourth-order valence-electron chi connectivity index (χ4n) is 1.78. The SMILES string of the molecule is O=S(=O)(c1cc(Br)ccc1Br)N1CC[NH2+]CC1. The molecule has 0 aliphatic carbocycles. The number of benzene rings is 1. The summed E-state index contributed by atoms with van der Waals surface area (Å²) in [5.41, 5.74) is 0. The van der Waals surface area contributed by atoms with Crippen LogP contribution in [-0.4, -0.2) is 38.9 Å². The molecule has 2 rings (SSSR count). The molecule has 0 bridgehead atoms. The van der Waals surface area contributed by atoms with Gasteiger partial charge in [0.1, 0.15) is 0 Å². The van der Waals surface area contributed by atoms with Gasteiger partial charge in [0.05, 0.1) is 31.1 Å². The Morgan fingerprint density at radius 3 is 2.47 bits per heavy atom. The first-order valence-electron chi connectivity index (χ1n) is 5.28. The standard InChI is InChI=1S/C10H12Br2N2O2S/c11-8-1-2-9(12)10(7-8)17(15,16)14-5-3-13-4-6-14/h1-2,7,13H,3-6H2/p+1. The summed E-state index contributed by atoms with van der Waals surface area (Å²) in [6.07, 6.45) is 0. The number of hydrogen-bond acceptors (Lipinski definition) is 2. The van der Waals surface area contributed by atoms with Crippen molar-refractivity contribution in [2.75, 3.05) is 26.2 Å². The van der Waals surface area contributed by atoms with E-state index in [9.17, 15) is 8.42 Å². The second-order valence-corrected chi connectivity index (χ2v) is 7.52. The normalized spacial score (nSPS) is 18.2. The Hall–Kier alpha value is 0.0500. The Kier molecular flexibility index (Phi) is 4.25. The van der Waals surface area contributed by atoms with Crippen LogP contribution in [0.25, 0.3) is 0 Å². The van der Waals surface area contributed by atoms with Gasteiger partial charge in [-0.3, -0.25) is 0 Å². The van der Waals surface area contributed by atoms with Crippen molar-refractivity contribution >= 4 is 41.9 Å². The lowest BCUT2D eigenvalue weighted by Crippen LogP contribution is -2.89. The number of quaternary nitrogens is 1. The number of hydrogen-bond donors (Lipinski definition) is 1. The van der Waals surface area contributed by atoms with Crippen LogP contribution in [0.3, 0.4) is 0 Å². The van der Waals surface area contributed by atoms with E-state index in [0.717, 1.165) is 17.6 Å². The summed E-state index contributed by atoms with van der Waals surface area (Å²) in [7, 11) is -3.38. The summed E-state index contributed by atoms with van der Waals surface area (Å²) < 4.78 is 27.8. The molecular weight excluding hydrogens is 372 g/mol. The minimum Gasteiger partial charge on any atom is -0.344 e.